The first-order chi connectivity index (χ1) is 8.97. The summed E-state index contributed by atoms with van der Waals surface area (Å²) in [5, 5.41) is 2.21. The maximum atomic E-state index is 13.4. The van der Waals surface area contributed by atoms with Crippen LogP contribution in [0.25, 0.3) is 0 Å². The molecule has 0 saturated carbocycles. The van der Waals surface area contributed by atoms with Crippen molar-refractivity contribution in [2.24, 2.45) is 0 Å². The topological polar surface area (TPSA) is 88.0 Å². The first-order valence-corrected chi connectivity index (χ1v) is 5.22. The zero-order valence-electron chi connectivity index (χ0n) is 9.54. The third kappa shape index (κ3) is 2.76. The van der Waals surface area contributed by atoms with Gasteiger partial charge in [-0.15, -0.1) is 0 Å². The van der Waals surface area contributed by atoms with Gasteiger partial charge in [-0.2, -0.15) is 0 Å². The molecule has 1 heterocycles. The molecule has 19 heavy (non-hydrogen) atoms. The molecule has 0 fully saturated rings. The van der Waals surface area contributed by atoms with Crippen LogP contribution >= 0.6 is 0 Å². The van der Waals surface area contributed by atoms with E-state index >= 15 is 0 Å². The SMILES string of the molecule is Nc1cc(NC(=O)c2cc[nH]c(=O)c2)c(F)cc1F. The number of aromatic amines is 1. The van der Waals surface area contributed by atoms with E-state index in [-0.39, 0.29) is 16.9 Å². The summed E-state index contributed by atoms with van der Waals surface area (Å²) < 4.78 is 26.4. The lowest BCUT2D eigenvalue weighted by molar-refractivity contribution is 0.102. The highest BCUT2D eigenvalue weighted by atomic mass is 19.1. The molecule has 0 atom stereocenters. The molecular formula is C12H9F2N3O2. The van der Waals surface area contributed by atoms with E-state index in [9.17, 15) is 18.4 Å². The second-order valence-electron chi connectivity index (χ2n) is 3.75. The summed E-state index contributed by atoms with van der Waals surface area (Å²) >= 11 is 0. The normalized spacial score (nSPS) is 10.2. The molecule has 1 amide bonds. The number of rotatable bonds is 2. The molecule has 0 bridgehead atoms. The molecule has 0 aliphatic heterocycles. The minimum absolute atomic E-state index is 0.0473. The van der Waals surface area contributed by atoms with Crippen LogP contribution in [0.15, 0.2) is 35.3 Å². The van der Waals surface area contributed by atoms with E-state index in [1.165, 1.54) is 12.3 Å². The van der Waals surface area contributed by atoms with Gasteiger partial charge in [0.25, 0.3) is 5.91 Å². The number of H-pyrrole nitrogens is 1. The third-order valence-electron chi connectivity index (χ3n) is 2.37. The van der Waals surface area contributed by atoms with E-state index in [1.54, 1.807) is 0 Å². The van der Waals surface area contributed by atoms with Crippen LogP contribution in [0.3, 0.4) is 0 Å². The Morgan fingerprint density at radius 1 is 1.21 bits per heavy atom. The highest BCUT2D eigenvalue weighted by Gasteiger charge is 2.12. The Bertz CT molecular complexity index is 698. The smallest absolute Gasteiger partial charge is 0.255 e. The number of anilines is 2. The fourth-order valence-corrected chi connectivity index (χ4v) is 1.44. The molecule has 7 heteroatoms. The first-order valence-electron chi connectivity index (χ1n) is 5.22. The van der Waals surface area contributed by atoms with Crippen molar-refractivity contribution in [3.05, 3.63) is 58.0 Å². The Morgan fingerprint density at radius 2 is 1.95 bits per heavy atom. The average molecular weight is 265 g/mol. The van der Waals surface area contributed by atoms with Crippen LogP contribution in [0.1, 0.15) is 10.4 Å². The molecule has 0 aliphatic rings. The zero-order valence-corrected chi connectivity index (χ0v) is 9.54. The van der Waals surface area contributed by atoms with E-state index in [2.05, 4.69) is 10.3 Å². The second-order valence-corrected chi connectivity index (χ2v) is 3.75. The van der Waals surface area contributed by atoms with Gasteiger partial charge >= 0.3 is 0 Å². The molecule has 98 valence electrons. The van der Waals surface area contributed by atoms with Crippen molar-refractivity contribution in [2.75, 3.05) is 11.1 Å². The second kappa shape index (κ2) is 4.89. The number of hydrogen-bond donors (Lipinski definition) is 3. The summed E-state index contributed by atoms with van der Waals surface area (Å²) in [5.41, 5.74) is 4.31. The van der Waals surface area contributed by atoms with Crippen LogP contribution < -0.4 is 16.6 Å². The van der Waals surface area contributed by atoms with Crippen molar-refractivity contribution < 1.29 is 13.6 Å². The highest BCUT2D eigenvalue weighted by molar-refractivity contribution is 6.04. The largest absolute Gasteiger partial charge is 0.396 e. The lowest BCUT2D eigenvalue weighted by Crippen LogP contribution is -2.16. The van der Waals surface area contributed by atoms with Crippen LogP contribution in [0, 0.1) is 11.6 Å². The average Bonchev–Trinajstić information content (AvgIpc) is 2.36. The van der Waals surface area contributed by atoms with E-state index < -0.39 is 23.1 Å². The molecular weight excluding hydrogens is 256 g/mol. The molecule has 0 aliphatic carbocycles. The number of carbonyl (C=O) groups excluding carboxylic acids is 1. The van der Waals surface area contributed by atoms with E-state index in [4.69, 9.17) is 5.73 Å². The number of aromatic nitrogens is 1. The quantitative estimate of drug-likeness (QED) is 0.719. The van der Waals surface area contributed by atoms with Gasteiger partial charge in [-0.3, -0.25) is 9.59 Å². The fourth-order valence-electron chi connectivity index (χ4n) is 1.44. The van der Waals surface area contributed by atoms with Crippen molar-refractivity contribution in [3.8, 4) is 0 Å². The Kier molecular flexibility index (Phi) is 3.28. The van der Waals surface area contributed by atoms with Crippen LogP contribution in [-0.2, 0) is 0 Å². The molecule has 0 radical (unpaired) electrons. The summed E-state index contributed by atoms with van der Waals surface area (Å²) in [6.45, 7) is 0. The van der Waals surface area contributed by atoms with Crippen molar-refractivity contribution in [3.63, 3.8) is 0 Å². The molecule has 4 N–H and O–H groups in total. The van der Waals surface area contributed by atoms with E-state index in [0.717, 1.165) is 12.1 Å². The van der Waals surface area contributed by atoms with Gasteiger partial charge in [-0.25, -0.2) is 8.78 Å². The van der Waals surface area contributed by atoms with Gasteiger partial charge in [0.15, 0.2) is 0 Å². The van der Waals surface area contributed by atoms with Crippen LogP contribution in [-0.4, -0.2) is 10.9 Å². The van der Waals surface area contributed by atoms with Crippen LogP contribution in [0.2, 0.25) is 0 Å². The summed E-state index contributed by atoms with van der Waals surface area (Å²) in [4.78, 5) is 25.1. The first kappa shape index (κ1) is 12.7. The predicted octanol–water partition coefficient (Wildman–Crippen LogP) is 1.49. The summed E-state index contributed by atoms with van der Waals surface area (Å²) in [6.07, 6.45) is 1.28. The van der Waals surface area contributed by atoms with Crippen molar-refractivity contribution in [2.45, 2.75) is 0 Å². The minimum atomic E-state index is -0.954. The predicted molar refractivity (Wildman–Crippen MR) is 65.8 cm³/mol. The molecule has 2 aromatic rings. The van der Waals surface area contributed by atoms with Gasteiger partial charge in [0, 0.05) is 23.9 Å². The molecule has 2 rings (SSSR count). The third-order valence-corrected chi connectivity index (χ3v) is 2.37. The molecule has 0 spiro atoms. The fraction of sp³-hybridized carbons (Fsp3) is 0. The number of nitrogens with one attached hydrogen (secondary N) is 2. The van der Waals surface area contributed by atoms with E-state index in [0.29, 0.717) is 6.07 Å². The summed E-state index contributed by atoms with van der Waals surface area (Å²) in [5.74, 6) is -2.56. The van der Waals surface area contributed by atoms with Gasteiger partial charge in [0.2, 0.25) is 5.56 Å². The number of carbonyl (C=O) groups is 1. The van der Waals surface area contributed by atoms with Crippen molar-refractivity contribution in [1.29, 1.82) is 0 Å². The maximum absolute atomic E-state index is 13.4. The van der Waals surface area contributed by atoms with E-state index in [1.807, 2.05) is 0 Å². The van der Waals surface area contributed by atoms with Crippen LogP contribution in [0.5, 0.6) is 0 Å². The van der Waals surface area contributed by atoms with Gasteiger partial charge in [-0.05, 0) is 12.1 Å². The number of pyridine rings is 1. The van der Waals surface area contributed by atoms with Gasteiger partial charge in [-0.1, -0.05) is 0 Å². The molecule has 1 aromatic heterocycles. The molecule has 0 unspecified atom stereocenters. The zero-order chi connectivity index (χ0) is 14.0. The monoisotopic (exact) mass is 265 g/mol. The van der Waals surface area contributed by atoms with Gasteiger partial charge in [0.05, 0.1) is 11.4 Å². The lowest BCUT2D eigenvalue weighted by atomic mass is 10.2. The Morgan fingerprint density at radius 3 is 2.63 bits per heavy atom. The number of benzene rings is 1. The standard InChI is InChI=1S/C12H9F2N3O2/c13-7-4-8(14)10(5-9(7)15)17-12(19)6-1-2-16-11(18)3-6/h1-5H,15H2,(H,16,18)(H,17,19). The molecule has 1 aromatic carbocycles. The number of amides is 1. The Hall–Kier alpha value is -2.70. The number of nitrogen functional groups attached to an aromatic ring is 1. The van der Waals surface area contributed by atoms with Crippen LogP contribution in [0.4, 0.5) is 20.2 Å². The summed E-state index contributed by atoms with van der Waals surface area (Å²) in [7, 11) is 0. The highest BCUT2D eigenvalue weighted by Crippen LogP contribution is 2.21. The number of halogens is 2. The Labute approximate surface area is 106 Å². The lowest BCUT2D eigenvalue weighted by Gasteiger charge is -2.07. The maximum Gasteiger partial charge on any atom is 0.255 e. The van der Waals surface area contributed by atoms with Gasteiger partial charge < -0.3 is 16.0 Å². The minimum Gasteiger partial charge on any atom is -0.396 e. The molecule has 0 saturated heterocycles. The summed E-state index contributed by atoms with van der Waals surface area (Å²) in [6, 6.07) is 3.94. The Balaban J connectivity index is 2.29. The number of hydrogen-bond acceptors (Lipinski definition) is 3. The van der Waals surface area contributed by atoms with Crippen molar-refractivity contribution in [1.82, 2.24) is 4.98 Å². The van der Waals surface area contributed by atoms with Crippen molar-refractivity contribution >= 4 is 17.3 Å². The molecule has 5 nitrogen and oxygen atoms in total. The number of nitrogens with two attached hydrogens (primary N) is 1. The van der Waals surface area contributed by atoms with Gasteiger partial charge in [0.1, 0.15) is 11.6 Å².